The van der Waals surface area contributed by atoms with Crippen LogP contribution in [0, 0.1) is 5.41 Å². The summed E-state index contributed by atoms with van der Waals surface area (Å²) >= 11 is 2.41. The monoisotopic (exact) mass is 223 g/mol. The number of nitrogens with zero attached hydrogens (tertiary/aromatic N) is 1. The van der Waals surface area contributed by atoms with Crippen molar-refractivity contribution >= 4 is 22.9 Å². The molecule has 1 heterocycles. The summed E-state index contributed by atoms with van der Waals surface area (Å²) in [6.45, 7) is 2.74. The van der Waals surface area contributed by atoms with Crippen LogP contribution in [0.1, 0.15) is 19.3 Å². The fourth-order valence-corrected chi connectivity index (χ4v) is 3.12. The Morgan fingerprint density at radius 3 is 2.00 bits per heavy atom. The van der Waals surface area contributed by atoms with Crippen LogP contribution in [0.2, 0.25) is 0 Å². The largest absolute Gasteiger partial charge is 0.246 e. The molecule has 0 aromatic carbocycles. The molecule has 2 heteroatoms. The van der Waals surface area contributed by atoms with Gasteiger partial charge in [0.15, 0.2) is 0 Å². The second-order valence-electron chi connectivity index (χ2n) is 3.13. The van der Waals surface area contributed by atoms with E-state index in [0.29, 0.717) is 0 Å². The van der Waals surface area contributed by atoms with E-state index in [-0.39, 0.29) is 0 Å². The van der Waals surface area contributed by atoms with Gasteiger partial charge in [-0.15, -0.1) is 0 Å². The number of hydrogen-bond acceptors (Lipinski definition) is 1. The third kappa shape index (κ3) is 0.620. The van der Waals surface area contributed by atoms with Gasteiger partial charge in [-0.2, -0.15) is 0 Å². The number of halogens is 1. The number of rotatable bonds is 0. The highest BCUT2D eigenvalue weighted by Crippen LogP contribution is 2.49. The molecule has 8 heavy (non-hydrogen) atoms. The van der Waals surface area contributed by atoms with E-state index < -0.39 is 0 Å². The lowest BCUT2D eigenvalue weighted by Crippen LogP contribution is -2.55. The van der Waals surface area contributed by atoms with Gasteiger partial charge in [0, 0.05) is 36.0 Å². The highest BCUT2D eigenvalue weighted by Gasteiger charge is 2.46. The Labute approximate surface area is 63.9 Å². The summed E-state index contributed by atoms with van der Waals surface area (Å²) in [6, 6.07) is 0. The lowest BCUT2D eigenvalue weighted by molar-refractivity contribution is 0.00961. The molecule has 1 saturated heterocycles. The molecule has 0 aromatic heterocycles. The molecule has 0 radical (unpaired) electrons. The molecule has 46 valence electrons. The fourth-order valence-electron chi connectivity index (χ4n) is 1.67. The second kappa shape index (κ2) is 1.59. The predicted octanol–water partition coefficient (Wildman–Crippen LogP) is 1.82. The molecule has 0 atom stereocenters. The smallest absolute Gasteiger partial charge is 0.0201 e. The van der Waals surface area contributed by atoms with Gasteiger partial charge >= 0.3 is 0 Å². The first-order chi connectivity index (χ1) is 3.81. The van der Waals surface area contributed by atoms with Crippen LogP contribution >= 0.6 is 22.9 Å². The molecular weight excluding hydrogens is 213 g/mol. The summed E-state index contributed by atoms with van der Waals surface area (Å²) in [4.78, 5) is 0. The van der Waals surface area contributed by atoms with Gasteiger partial charge in [-0.25, -0.2) is 3.11 Å². The van der Waals surface area contributed by atoms with Crippen LogP contribution in [-0.2, 0) is 0 Å². The maximum absolute atomic E-state index is 2.41. The minimum absolute atomic E-state index is 0.835. The molecule has 0 N–H and O–H groups in total. The number of hydrogen-bond donors (Lipinski definition) is 0. The minimum Gasteiger partial charge on any atom is -0.246 e. The van der Waals surface area contributed by atoms with Crippen molar-refractivity contribution in [2.45, 2.75) is 19.3 Å². The Bertz CT molecular complexity index is 101. The predicted molar refractivity (Wildman–Crippen MR) is 41.9 cm³/mol. The van der Waals surface area contributed by atoms with Crippen LogP contribution in [0.5, 0.6) is 0 Å². The van der Waals surface area contributed by atoms with E-state index >= 15 is 0 Å². The van der Waals surface area contributed by atoms with Crippen LogP contribution in [0.25, 0.3) is 0 Å². The Balaban J connectivity index is 1.92. The molecule has 0 bridgehead atoms. The van der Waals surface area contributed by atoms with Crippen molar-refractivity contribution < 1.29 is 0 Å². The van der Waals surface area contributed by atoms with E-state index in [2.05, 4.69) is 26.0 Å². The van der Waals surface area contributed by atoms with E-state index in [9.17, 15) is 0 Å². The van der Waals surface area contributed by atoms with E-state index in [4.69, 9.17) is 0 Å². The first-order valence-electron chi connectivity index (χ1n) is 3.22. The van der Waals surface area contributed by atoms with E-state index in [1.54, 1.807) is 0 Å². The van der Waals surface area contributed by atoms with Crippen molar-refractivity contribution in [2.24, 2.45) is 5.41 Å². The quantitative estimate of drug-likeness (QED) is 0.447. The van der Waals surface area contributed by atoms with Gasteiger partial charge in [-0.05, 0) is 18.3 Å². The summed E-state index contributed by atoms with van der Waals surface area (Å²) in [5, 5.41) is 0. The molecule has 2 fully saturated rings. The molecule has 1 aliphatic heterocycles. The lowest BCUT2D eigenvalue weighted by atomic mass is 9.65. The SMILES string of the molecule is IN1CC2(CCC2)C1. The molecule has 2 aliphatic rings. The molecular formula is C6H10IN. The molecule has 1 aliphatic carbocycles. The van der Waals surface area contributed by atoms with Gasteiger partial charge in [-0.3, -0.25) is 0 Å². The molecule has 1 nitrogen and oxygen atoms in total. The molecule has 0 amide bonds. The highest BCUT2D eigenvalue weighted by molar-refractivity contribution is 14.1. The van der Waals surface area contributed by atoms with E-state index in [0.717, 1.165) is 5.41 Å². The molecule has 0 aromatic rings. The van der Waals surface area contributed by atoms with Crippen LogP contribution in [0.15, 0.2) is 0 Å². The second-order valence-corrected chi connectivity index (χ2v) is 4.50. The third-order valence-electron chi connectivity index (χ3n) is 2.43. The van der Waals surface area contributed by atoms with Gasteiger partial charge in [0.2, 0.25) is 0 Å². The lowest BCUT2D eigenvalue weighted by Gasteiger charge is -2.53. The van der Waals surface area contributed by atoms with Crippen molar-refractivity contribution in [3.05, 3.63) is 0 Å². The Morgan fingerprint density at radius 2 is 1.88 bits per heavy atom. The Kier molecular flexibility index (Phi) is 1.09. The van der Waals surface area contributed by atoms with Crippen LogP contribution < -0.4 is 0 Å². The summed E-state index contributed by atoms with van der Waals surface area (Å²) in [5.74, 6) is 0. The van der Waals surface area contributed by atoms with Gasteiger partial charge in [0.1, 0.15) is 0 Å². The van der Waals surface area contributed by atoms with Crippen molar-refractivity contribution in [3.63, 3.8) is 0 Å². The standard InChI is InChI=1S/C6H10IN/c7-8-4-6(5-8)2-1-3-6/h1-5H2. The van der Waals surface area contributed by atoms with E-state index in [1.165, 1.54) is 32.4 Å². The van der Waals surface area contributed by atoms with E-state index in [1.807, 2.05) is 0 Å². The first-order valence-corrected chi connectivity index (χ1v) is 4.18. The van der Waals surface area contributed by atoms with Gasteiger partial charge in [-0.1, -0.05) is 6.42 Å². The molecule has 1 spiro atoms. The first kappa shape index (κ1) is 5.47. The van der Waals surface area contributed by atoms with Gasteiger partial charge < -0.3 is 0 Å². The average molecular weight is 223 g/mol. The summed E-state index contributed by atoms with van der Waals surface area (Å²) < 4.78 is 2.39. The topological polar surface area (TPSA) is 3.24 Å². The normalized spacial score (nSPS) is 34.1. The zero-order valence-electron chi connectivity index (χ0n) is 4.86. The van der Waals surface area contributed by atoms with Crippen LogP contribution in [-0.4, -0.2) is 16.2 Å². The zero-order chi connectivity index (χ0) is 5.61. The van der Waals surface area contributed by atoms with Crippen molar-refractivity contribution in [1.29, 1.82) is 0 Å². The summed E-state index contributed by atoms with van der Waals surface area (Å²) in [6.07, 6.45) is 4.50. The minimum atomic E-state index is 0.835. The van der Waals surface area contributed by atoms with Gasteiger partial charge in [0.05, 0.1) is 0 Å². The molecule has 0 unspecified atom stereocenters. The van der Waals surface area contributed by atoms with Crippen molar-refractivity contribution in [1.82, 2.24) is 3.11 Å². The third-order valence-corrected chi connectivity index (χ3v) is 3.11. The maximum Gasteiger partial charge on any atom is 0.0201 e. The van der Waals surface area contributed by atoms with Crippen molar-refractivity contribution in [3.8, 4) is 0 Å². The van der Waals surface area contributed by atoms with Gasteiger partial charge in [0.25, 0.3) is 0 Å². The van der Waals surface area contributed by atoms with Crippen LogP contribution in [0.4, 0.5) is 0 Å². The summed E-state index contributed by atoms with van der Waals surface area (Å²) in [5.41, 5.74) is 0.835. The van der Waals surface area contributed by atoms with Crippen LogP contribution in [0.3, 0.4) is 0 Å². The van der Waals surface area contributed by atoms with Crippen molar-refractivity contribution in [2.75, 3.05) is 13.1 Å². The molecule has 1 saturated carbocycles. The average Bonchev–Trinajstić information content (AvgIpc) is 1.51. The maximum atomic E-state index is 2.41. The summed E-state index contributed by atoms with van der Waals surface area (Å²) in [7, 11) is 0. The fraction of sp³-hybridized carbons (Fsp3) is 1.00. The Morgan fingerprint density at radius 1 is 1.25 bits per heavy atom. The molecule has 2 rings (SSSR count). The highest BCUT2D eigenvalue weighted by atomic mass is 127. The zero-order valence-corrected chi connectivity index (χ0v) is 7.02. The Hall–Kier alpha value is 0.690.